The van der Waals surface area contributed by atoms with Crippen molar-refractivity contribution in [3.8, 4) is 0 Å². The maximum absolute atomic E-state index is 13.3. The van der Waals surface area contributed by atoms with Crippen molar-refractivity contribution in [1.29, 1.82) is 0 Å². The number of amides is 1. The van der Waals surface area contributed by atoms with Gasteiger partial charge in [0.2, 0.25) is 0 Å². The van der Waals surface area contributed by atoms with Crippen LogP contribution in [0.25, 0.3) is 0 Å². The van der Waals surface area contributed by atoms with Gasteiger partial charge in [-0.05, 0) is 31.0 Å². The van der Waals surface area contributed by atoms with Crippen LogP contribution in [0, 0.1) is 5.82 Å². The van der Waals surface area contributed by atoms with E-state index in [0.29, 0.717) is 5.56 Å². The Kier molecular flexibility index (Phi) is 3.61. The fourth-order valence-corrected chi connectivity index (χ4v) is 2.12. The van der Waals surface area contributed by atoms with Crippen LogP contribution < -0.4 is 5.73 Å². The van der Waals surface area contributed by atoms with Crippen molar-refractivity contribution < 1.29 is 9.18 Å². The van der Waals surface area contributed by atoms with E-state index in [2.05, 4.69) is 0 Å². The summed E-state index contributed by atoms with van der Waals surface area (Å²) in [6.07, 6.45) is 4.39. The summed E-state index contributed by atoms with van der Waals surface area (Å²) in [6.45, 7) is 1.54. The fourth-order valence-electron chi connectivity index (χ4n) is 2.12. The van der Waals surface area contributed by atoms with Crippen molar-refractivity contribution in [1.82, 2.24) is 4.90 Å². The molecule has 0 radical (unpaired) electrons. The van der Waals surface area contributed by atoms with Crippen LogP contribution in [0.15, 0.2) is 18.2 Å². The van der Waals surface area contributed by atoms with E-state index in [1.807, 2.05) is 0 Å². The number of anilines is 1. The third-order valence-electron chi connectivity index (χ3n) is 3.14. The largest absolute Gasteiger partial charge is 0.396 e. The number of nitrogens with two attached hydrogens (primary N) is 1. The summed E-state index contributed by atoms with van der Waals surface area (Å²) < 4.78 is 13.3. The predicted octanol–water partition coefficient (Wildman–Crippen LogP) is 2.42. The summed E-state index contributed by atoms with van der Waals surface area (Å²) in [7, 11) is 0. The van der Waals surface area contributed by atoms with E-state index in [0.717, 1.165) is 25.9 Å². The Morgan fingerprint density at radius 2 is 1.82 bits per heavy atom. The monoisotopic (exact) mass is 236 g/mol. The molecule has 17 heavy (non-hydrogen) atoms. The Hall–Kier alpha value is -1.58. The maximum Gasteiger partial charge on any atom is 0.253 e. The molecular formula is C13H17FN2O. The van der Waals surface area contributed by atoms with Gasteiger partial charge in [0.05, 0.1) is 5.69 Å². The zero-order chi connectivity index (χ0) is 12.3. The van der Waals surface area contributed by atoms with Crippen LogP contribution >= 0.6 is 0 Å². The van der Waals surface area contributed by atoms with Gasteiger partial charge in [0.15, 0.2) is 0 Å². The highest BCUT2D eigenvalue weighted by Gasteiger charge is 2.17. The van der Waals surface area contributed by atoms with E-state index in [9.17, 15) is 9.18 Å². The summed E-state index contributed by atoms with van der Waals surface area (Å²) in [4.78, 5) is 13.9. The number of hydrogen-bond acceptors (Lipinski definition) is 2. The third-order valence-corrected chi connectivity index (χ3v) is 3.14. The third kappa shape index (κ3) is 2.75. The first-order chi connectivity index (χ1) is 8.18. The molecule has 1 aromatic rings. The number of benzene rings is 1. The lowest BCUT2D eigenvalue weighted by Gasteiger charge is -2.20. The normalized spacial score (nSPS) is 16.6. The van der Waals surface area contributed by atoms with E-state index in [4.69, 9.17) is 5.73 Å². The zero-order valence-electron chi connectivity index (χ0n) is 9.79. The molecule has 1 aromatic carbocycles. The second kappa shape index (κ2) is 5.17. The van der Waals surface area contributed by atoms with Gasteiger partial charge in [-0.1, -0.05) is 12.8 Å². The second-order valence-corrected chi connectivity index (χ2v) is 4.44. The molecule has 0 unspecified atom stereocenters. The van der Waals surface area contributed by atoms with Crippen molar-refractivity contribution in [2.45, 2.75) is 25.7 Å². The average Bonchev–Trinajstić information content (AvgIpc) is 2.60. The van der Waals surface area contributed by atoms with Crippen molar-refractivity contribution in [3.05, 3.63) is 29.6 Å². The number of nitrogen functional groups attached to an aromatic ring is 1. The molecule has 1 fully saturated rings. The molecule has 2 rings (SSSR count). The number of carbonyl (C=O) groups is 1. The van der Waals surface area contributed by atoms with Gasteiger partial charge in [0, 0.05) is 18.7 Å². The predicted molar refractivity (Wildman–Crippen MR) is 65.2 cm³/mol. The van der Waals surface area contributed by atoms with Crippen LogP contribution in [0.4, 0.5) is 10.1 Å². The molecule has 0 saturated carbocycles. The molecular weight excluding hydrogens is 219 g/mol. The minimum Gasteiger partial charge on any atom is -0.396 e. The molecule has 1 aliphatic rings. The van der Waals surface area contributed by atoms with Crippen LogP contribution in [-0.4, -0.2) is 23.9 Å². The molecule has 2 N–H and O–H groups in total. The molecule has 3 nitrogen and oxygen atoms in total. The number of nitrogens with zero attached hydrogens (tertiary/aromatic N) is 1. The number of rotatable bonds is 1. The van der Waals surface area contributed by atoms with Gasteiger partial charge >= 0.3 is 0 Å². The van der Waals surface area contributed by atoms with Gasteiger partial charge < -0.3 is 10.6 Å². The first-order valence-corrected chi connectivity index (χ1v) is 6.03. The summed E-state index contributed by atoms with van der Waals surface area (Å²) >= 11 is 0. The first kappa shape index (κ1) is 11.9. The summed E-state index contributed by atoms with van der Waals surface area (Å²) in [5, 5.41) is 0. The van der Waals surface area contributed by atoms with Crippen LogP contribution in [0.3, 0.4) is 0 Å². The highest BCUT2D eigenvalue weighted by Crippen LogP contribution is 2.16. The van der Waals surface area contributed by atoms with Crippen LogP contribution in [0.2, 0.25) is 0 Å². The highest BCUT2D eigenvalue weighted by atomic mass is 19.1. The minimum absolute atomic E-state index is 0.0809. The van der Waals surface area contributed by atoms with E-state index in [1.165, 1.54) is 25.0 Å². The van der Waals surface area contributed by atoms with Crippen molar-refractivity contribution >= 4 is 11.6 Å². The van der Waals surface area contributed by atoms with Crippen LogP contribution in [0.1, 0.15) is 36.0 Å². The Balaban J connectivity index is 2.14. The Bertz CT molecular complexity index is 412. The van der Waals surface area contributed by atoms with Crippen LogP contribution in [-0.2, 0) is 0 Å². The van der Waals surface area contributed by atoms with E-state index >= 15 is 0 Å². The molecule has 0 aliphatic carbocycles. The summed E-state index contributed by atoms with van der Waals surface area (Å²) in [5.41, 5.74) is 5.86. The Labute approximate surface area is 100 Å². The van der Waals surface area contributed by atoms with Gasteiger partial charge in [-0.15, -0.1) is 0 Å². The molecule has 0 spiro atoms. The molecule has 1 saturated heterocycles. The molecule has 1 aliphatic heterocycles. The van der Waals surface area contributed by atoms with Crippen molar-refractivity contribution in [2.75, 3.05) is 18.8 Å². The molecule has 0 bridgehead atoms. The van der Waals surface area contributed by atoms with Gasteiger partial charge in [-0.25, -0.2) is 4.39 Å². The smallest absolute Gasteiger partial charge is 0.253 e. The molecule has 0 atom stereocenters. The maximum atomic E-state index is 13.3. The quantitative estimate of drug-likeness (QED) is 0.761. The van der Waals surface area contributed by atoms with E-state index in [1.54, 1.807) is 11.0 Å². The fraction of sp³-hybridized carbons (Fsp3) is 0.462. The first-order valence-electron chi connectivity index (χ1n) is 6.03. The second-order valence-electron chi connectivity index (χ2n) is 4.44. The summed E-state index contributed by atoms with van der Waals surface area (Å²) in [5.74, 6) is -0.614. The van der Waals surface area contributed by atoms with E-state index < -0.39 is 5.82 Å². The average molecular weight is 236 g/mol. The topological polar surface area (TPSA) is 46.3 Å². The van der Waals surface area contributed by atoms with Crippen LogP contribution in [0.5, 0.6) is 0 Å². The molecule has 92 valence electrons. The van der Waals surface area contributed by atoms with Gasteiger partial charge in [0.1, 0.15) is 5.82 Å². The van der Waals surface area contributed by atoms with Crippen molar-refractivity contribution in [3.63, 3.8) is 0 Å². The standard InChI is InChI=1S/C13H17FN2O/c14-11-9-10(5-6-12(11)15)13(17)16-7-3-1-2-4-8-16/h5-6,9H,1-4,7-8,15H2. The molecule has 0 aromatic heterocycles. The van der Waals surface area contributed by atoms with Crippen molar-refractivity contribution in [2.24, 2.45) is 0 Å². The van der Waals surface area contributed by atoms with Gasteiger partial charge in [-0.3, -0.25) is 4.79 Å². The summed E-state index contributed by atoms with van der Waals surface area (Å²) in [6, 6.07) is 4.26. The lowest BCUT2D eigenvalue weighted by molar-refractivity contribution is 0.0761. The van der Waals surface area contributed by atoms with E-state index in [-0.39, 0.29) is 11.6 Å². The Morgan fingerprint density at radius 1 is 1.18 bits per heavy atom. The number of likely N-dealkylation sites (tertiary alicyclic amines) is 1. The van der Waals surface area contributed by atoms with Gasteiger partial charge in [0.25, 0.3) is 5.91 Å². The zero-order valence-corrected chi connectivity index (χ0v) is 9.79. The number of carbonyl (C=O) groups excluding carboxylic acids is 1. The Morgan fingerprint density at radius 3 is 2.41 bits per heavy atom. The number of halogens is 1. The highest BCUT2D eigenvalue weighted by molar-refractivity contribution is 5.94. The lowest BCUT2D eigenvalue weighted by Crippen LogP contribution is -2.31. The number of hydrogen-bond donors (Lipinski definition) is 1. The lowest BCUT2D eigenvalue weighted by atomic mass is 10.1. The van der Waals surface area contributed by atoms with Gasteiger partial charge in [-0.2, -0.15) is 0 Å². The minimum atomic E-state index is -0.523. The molecule has 4 heteroatoms. The SMILES string of the molecule is Nc1ccc(C(=O)N2CCCCCC2)cc1F. The molecule has 1 amide bonds. The molecule has 1 heterocycles.